The van der Waals surface area contributed by atoms with Gasteiger partial charge in [-0.2, -0.15) is 0 Å². The number of carbonyl (C=O) groups is 2. The third kappa shape index (κ3) is 6.09. The van der Waals surface area contributed by atoms with Crippen molar-refractivity contribution in [1.82, 2.24) is 4.90 Å². The Balaban J connectivity index is 1.42. The second kappa shape index (κ2) is 12.3. The van der Waals surface area contributed by atoms with Crippen LogP contribution < -0.4 is 23.8 Å². The molecule has 1 saturated heterocycles. The summed E-state index contributed by atoms with van der Waals surface area (Å²) in [5, 5.41) is 10.3. The van der Waals surface area contributed by atoms with Crippen LogP contribution in [0.15, 0.2) is 60.7 Å². The van der Waals surface area contributed by atoms with Crippen LogP contribution in [-0.2, 0) is 0 Å². The van der Waals surface area contributed by atoms with Gasteiger partial charge in [-0.15, -0.1) is 0 Å². The van der Waals surface area contributed by atoms with Crippen molar-refractivity contribution in [2.45, 2.75) is 0 Å². The number of aromatic hydroxyl groups is 1. The highest BCUT2D eigenvalue weighted by molar-refractivity contribution is 6.10. The molecule has 0 aromatic heterocycles. The standard InChI is InChI=1S/C30H32N2O7/c1-36-23-18-25(34)29(28(19-23)39-4)24(33)10-8-20-6-5-7-22(16-20)31-12-14-32(15-13-31)30(35)21-9-11-26(37-2)27(17-21)38-3/h5-11,16-19,34H,12-15H2,1-4H3/b10-8+. The van der Waals surface area contributed by atoms with Gasteiger partial charge in [0.1, 0.15) is 22.8 Å². The summed E-state index contributed by atoms with van der Waals surface area (Å²) < 4.78 is 21.0. The summed E-state index contributed by atoms with van der Waals surface area (Å²) in [5.74, 6) is 1.07. The summed E-state index contributed by atoms with van der Waals surface area (Å²) in [7, 11) is 6.01. The van der Waals surface area contributed by atoms with Crippen LogP contribution in [0.25, 0.3) is 6.08 Å². The van der Waals surface area contributed by atoms with Crippen molar-refractivity contribution in [2.75, 3.05) is 59.5 Å². The maximum atomic E-state index is 13.1. The highest BCUT2D eigenvalue weighted by Crippen LogP contribution is 2.34. The highest BCUT2D eigenvalue weighted by atomic mass is 16.5. The molecule has 1 fully saturated rings. The summed E-state index contributed by atoms with van der Waals surface area (Å²) in [6, 6.07) is 15.9. The largest absolute Gasteiger partial charge is 0.507 e. The lowest BCUT2D eigenvalue weighted by molar-refractivity contribution is 0.0746. The number of carbonyl (C=O) groups excluding carboxylic acids is 2. The number of ketones is 1. The van der Waals surface area contributed by atoms with E-state index in [0.29, 0.717) is 49.0 Å². The molecule has 0 spiro atoms. The number of anilines is 1. The quantitative estimate of drug-likeness (QED) is 0.322. The van der Waals surface area contributed by atoms with Crippen molar-refractivity contribution in [3.05, 3.63) is 77.4 Å². The molecule has 0 radical (unpaired) electrons. The number of nitrogens with zero attached hydrogens (tertiary/aromatic N) is 2. The zero-order valence-electron chi connectivity index (χ0n) is 22.5. The fourth-order valence-electron chi connectivity index (χ4n) is 4.50. The second-order valence-corrected chi connectivity index (χ2v) is 8.87. The molecule has 9 nitrogen and oxygen atoms in total. The van der Waals surface area contributed by atoms with Crippen molar-refractivity contribution in [1.29, 1.82) is 0 Å². The first kappa shape index (κ1) is 27.4. The van der Waals surface area contributed by atoms with E-state index in [1.807, 2.05) is 29.2 Å². The first-order valence-corrected chi connectivity index (χ1v) is 12.4. The first-order chi connectivity index (χ1) is 18.9. The minimum Gasteiger partial charge on any atom is -0.507 e. The highest BCUT2D eigenvalue weighted by Gasteiger charge is 2.23. The predicted molar refractivity (Wildman–Crippen MR) is 149 cm³/mol. The summed E-state index contributed by atoms with van der Waals surface area (Å²) >= 11 is 0. The molecule has 1 N–H and O–H groups in total. The third-order valence-corrected chi connectivity index (χ3v) is 6.62. The molecule has 1 amide bonds. The monoisotopic (exact) mass is 532 g/mol. The minimum atomic E-state index is -0.389. The van der Waals surface area contributed by atoms with Crippen LogP contribution in [-0.4, -0.2) is 76.3 Å². The van der Waals surface area contributed by atoms with Gasteiger partial charge in [0.25, 0.3) is 5.91 Å². The van der Waals surface area contributed by atoms with E-state index in [-0.39, 0.29) is 28.8 Å². The maximum Gasteiger partial charge on any atom is 0.254 e. The van der Waals surface area contributed by atoms with E-state index in [9.17, 15) is 14.7 Å². The van der Waals surface area contributed by atoms with Gasteiger partial charge in [-0.05, 0) is 42.0 Å². The first-order valence-electron chi connectivity index (χ1n) is 12.4. The minimum absolute atomic E-state index is 0.0528. The van der Waals surface area contributed by atoms with Crippen molar-refractivity contribution in [2.24, 2.45) is 0 Å². The van der Waals surface area contributed by atoms with Crippen LogP contribution in [0, 0.1) is 0 Å². The number of benzene rings is 3. The van der Waals surface area contributed by atoms with Gasteiger partial charge in [0.05, 0.1) is 28.4 Å². The lowest BCUT2D eigenvalue weighted by Crippen LogP contribution is -2.48. The Kier molecular flexibility index (Phi) is 8.60. The molecule has 3 aromatic carbocycles. The summed E-state index contributed by atoms with van der Waals surface area (Å²) in [4.78, 5) is 30.0. The molecule has 0 bridgehead atoms. The normalized spacial score (nSPS) is 13.3. The number of phenolic OH excluding ortho intramolecular Hbond substituents is 1. The van der Waals surface area contributed by atoms with Crippen molar-refractivity contribution < 1.29 is 33.6 Å². The fraction of sp³-hybridized carbons (Fsp3) is 0.267. The molecule has 0 unspecified atom stereocenters. The summed E-state index contributed by atoms with van der Waals surface area (Å²) in [5.41, 5.74) is 2.45. The van der Waals surface area contributed by atoms with Crippen LogP contribution in [0.1, 0.15) is 26.3 Å². The van der Waals surface area contributed by atoms with Gasteiger partial charge < -0.3 is 33.9 Å². The Morgan fingerprint density at radius 3 is 2.18 bits per heavy atom. The van der Waals surface area contributed by atoms with E-state index in [4.69, 9.17) is 18.9 Å². The molecule has 1 aliphatic heterocycles. The SMILES string of the molecule is COc1cc(O)c(C(=O)/C=C/c2cccc(N3CCN(C(=O)c4ccc(OC)c(OC)c4)CC3)c2)c(OC)c1. The molecule has 39 heavy (non-hydrogen) atoms. The Morgan fingerprint density at radius 2 is 1.51 bits per heavy atom. The average molecular weight is 533 g/mol. The smallest absolute Gasteiger partial charge is 0.254 e. The van der Waals surface area contributed by atoms with Crippen LogP contribution in [0.5, 0.6) is 28.7 Å². The van der Waals surface area contributed by atoms with Gasteiger partial charge in [0.15, 0.2) is 17.3 Å². The molecular formula is C30H32N2O7. The predicted octanol–water partition coefficient (Wildman–Crippen LogP) is 4.29. The maximum absolute atomic E-state index is 13.1. The molecule has 0 atom stereocenters. The molecule has 204 valence electrons. The zero-order valence-corrected chi connectivity index (χ0v) is 22.5. The number of piperazine rings is 1. The third-order valence-electron chi connectivity index (χ3n) is 6.62. The van der Waals surface area contributed by atoms with E-state index < -0.39 is 0 Å². The number of phenols is 1. The van der Waals surface area contributed by atoms with E-state index in [1.165, 1.54) is 26.4 Å². The van der Waals surface area contributed by atoms with Gasteiger partial charge >= 0.3 is 0 Å². The molecule has 0 aliphatic carbocycles. The van der Waals surface area contributed by atoms with Gasteiger partial charge in [-0.3, -0.25) is 9.59 Å². The zero-order chi connectivity index (χ0) is 27.9. The number of methoxy groups -OCH3 is 4. The lowest BCUT2D eigenvalue weighted by atomic mass is 10.1. The number of amides is 1. The summed E-state index contributed by atoms with van der Waals surface area (Å²) in [6.45, 7) is 2.48. The van der Waals surface area contributed by atoms with Crippen molar-refractivity contribution in [3.8, 4) is 28.7 Å². The van der Waals surface area contributed by atoms with Gasteiger partial charge in [-0.1, -0.05) is 18.2 Å². The topological polar surface area (TPSA) is 97.8 Å². The average Bonchev–Trinajstić information content (AvgIpc) is 2.98. The van der Waals surface area contributed by atoms with Crippen molar-refractivity contribution >= 4 is 23.5 Å². The van der Waals surface area contributed by atoms with Gasteiger partial charge in [-0.25, -0.2) is 0 Å². The number of hydrogen-bond acceptors (Lipinski definition) is 8. The van der Waals surface area contributed by atoms with Crippen LogP contribution in [0.4, 0.5) is 5.69 Å². The molecule has 4 rings (SSSR count). The number of rotatable bonds is 9. The van der Waals surface area contributed by atoms with Crippen molar-refractivity contribution in [3.63, 3.8) is 0 Å². The van der Waals surface area contributed by atoms with E-state index in [0.717, 1.165) is 11.3 Å². The van der Waals surface area contributed by atoms with E-state index in [2.05, 4.69) is 4.90 Å². The number of hydrogen-bond donors (Lipinski definition) is 1. The van der Waals surface area contributed by atoms with Crippen LogP contribution in [0.2, 0.25) is 0 Å². The van der Waals surface area contributed by atoms with Crippen LogP contribution in [0.3, 0.4) is 0 Å². The fourth-order valence-corrected chi connectivity index (χ4v) is 4.50. The molecular weight excluding hydrogens is 500 g/mol. The Bertz CT molecular complexity index is 1380. The molecule has 9 heteroatoms. The summed E-state index contributed by atoms with van der Waals surface area (Å²) in [6.07, 6.45) is 3.11. The molecule has 1 heterocycles. The van der Waals surface area contributed by atoms with Gasteiger partial charge in [0, 0.05) is 49.6 Å². The number of ether oxygens (including phenoxy) is 4. The van der Waals surface area contributed by atoms with E-state index in [1.54, 1.807) is 44.6 Å². The lowest BCUT2D eigenvalue weighted by Gasteiger charge is -2.36. The Hall–Kier alpha value is -4.66. The van der Waals surface area contributed by atoms with E-state index >= 15 is 0 Å². The Morgan fingerprint density at radius 1 is 0.795 bits per heavy atom. The second-order valence-electron chi connectivity index (χ2n) is 8.87. The Labute approximate surface area is 227 Å². The molecule has 1 aliphatic rings. The van der Waals surface area contributed by atoms with Gasteiger partial charge in [0.2, 0.25) is 0 Å². The molecule has 3 aromatic rings. The number of allylic oxidation sites excluding steroid dienone is 1. The molecule has 0 saturated carbocycles. The van der Waals surface area contributed by atoms with Crippen LogP contribution >= 0.6 is 0 Å².